The van der Waals surface area contributed by atoms with Gasteiger partial charge >= 0.3 is 6.18 Å². The maximum Gasteiger partial charge on any atom is 0.418 e. The summed E-state index contributed by atoms with van der Waals surface area (Å²) in [5.74, 6) is 1.88. The van der Waals surface area contributed by atoms with Crippen LogP contribution >= 0.6 is 11.6 Å². The molecule has 1 fully saturated rings. The number of piperidine rings is 1. The summed E-state index contributed by atoms with van der Waals surface area (Å²) in [4.78, 5) is 16.3. The summed E-state index contributed by atoms with van der Waals surface area (Å²) in [5, 5.41) is 4.91. The van der Waals surface area contributed by atoms with Gasteiger partial charge in [0, 0.05) is 41.0 Å². The summed E-state index contributed by atoms with van der Waals surface area (Å²) >= 11 is 6.36. The average Bonchev–Trinajstić information content (AvgIpc) is 2.97. The Bertz CT molecular complexity index is 1590. The molecule has 0 spiro atoms. The highest BCUT2D eigenvalue weighted by Crippen LogP contribution is 2.38. The molecule has 0 radical (unpaired) electrons. The quantitative estimate of drug-likeness (QED) is 0.239. The second kappa shape index (κ2) is 11.7. The SMILES string of the molecule is FC(F)(F)c1cccnc1-c1ccc2c(NCCc3ccccc3Cl)nc(CN3CCCC4CCCC=C43)nc2c1. The first-order valence-electron chi connectivity index (χ1n) is 14.1. The van der Waals surface area contributed by atoms with Gasteiger partial charge in [-0.15, -0.1) is 0 Å². The van der Waals surface area contributed by atoms with E-state index in [1.54, 1.807) is 18.2 Å². The Morgan fingerprint density at radius 1 is 1.00 bits per heavy atom. The molecule has 0 amide bonds. The van der Waals surface area contributed by atoms with Crippen molar-refractivity contribution in [1.82, 2.24) is 19.9 Å². The Balaban J connectivity index is 1.36. The van der Waals surface area contributed by atoms with Gasteiger partial charge < -0.3 is 10.2 Å². The molecule has 41 heavy (non-hydrogen) atoms. The molecule has 9 heteroatoms. The summed E-state index contributed by atoms with van der Waals surface area (Å²) in [6.07, 6.45) is 5.79. The number of anilines is 1. The minimum Gasteiger partial charge on any atom is -0.369 e. The highest BCUT2D eigenvalue weighted by atomic mass is 35.5. The third-order valence-electron chi connectivity index (χ3n) is 7.98. The van der Waals surface area contributed by atoms with Crippen molar-refractivity contribution in [1.29, 1.82) is 0 Å². The summed E-state index contributed by atoms with van der Waals surface area (Å²) < 4.78 is 41.4. The fourth-order valence-electron chi connectivity index (χ4n) is 6.02. The minimum absolute atomic E-state index is 0.110. The Kier molecular flexibility index (Phi) is 7.84. The molecule has 4 aromatic rings. The molecule has 1 atom stereocenters. The van der Waals surface area contributed by atoms with Crippen molar-refractivity contribution in [2.45, 2.75) is 51.2 Å². The van der Waals surface area contributed by atoms with Crippen molar-refractivity contribution in [2.24, 2.45) is 5.92 Å². The fraction of sp³-hybridized carbons (Fsp3) is 0.344. The third kappa shape index (κ3) is 6.03. The van der Waals surface area contributed by atoms with Gasteiger partial charge in [0.05, 0.1) is 23.3 Å². The van der Waals surface area contributed by atoms with Crippen molar-refractivity contribution in [3.63, 3.8) is 0 Å². The lowest BCUT2D eigenvalue weighted by molar-refractivity contribution is -0.137. The predicted octanol–water partition coefficient (Wildman–Crippen LogP) is 8.30. The number of benzene rings is 2. The Morgan fingerprint density at radius 3 is 2.71 bits per heavy atom. The van der Waals surface area contributed by atoms with Crippen LogP contribution in [0.4, 0.5) is 19.0 Å². The molecule has 0 saturated carbocycles. The molecular weight excluding hydrogens is 547 g/mol. The molecule has 0 bridgehead atoms. The fourth-order valence-corrected chi connectivity index (χ4v) is 6.25. The average molecular weight is 578 g/mol. The Labute approximate surface area is 242 Å². The standard InChI is InChI=1S/C32H31ClF3N5/c33-26-11-3-1-7-21(26)15-17-38-31-24-14-13-23(30-25(32(34,35)36)10-5-16-37-30)19-27(24)39-29(40-31)20-41-18-6-9-22-8-2-4-12-28(22)41/h1,3,5,7,10-14,16,19,22H,2,4,6,8-9,15,17-18,20H2,(H,38,39,40). The van der Waals surface area contributed by atoms with Gasteiger partial charge in [-0.25, -0.2) is 9.97 Å². The molecule has 5 nitrogen and oxygen atoms in total. The zero-order chi connectivity index (χ0) is 28.4. The van der Waals surface area contributed by atoms with Crippen molar-refractivity contribution in [3.05, 3.63) is 94.5 Å². The van der Waals surface area contributed by atoms with Crippen molar-refractivity contribution >= 4 is 28.3 Å². The topological polar surface area (TPSA) is 53.9 Å². The molecule has 1 unspecified atom stereocenters. The van der Waals surface area contributed by atoms with E-state index in [9.17, 15) is 13.2 Å². The van der Waals surface area contributed by atoms with E-state index in [1.807, 2.05) is 24.3 Å². The summed E-state index contributed by atoms with van der Waals surface area (Å²) in [5.41, 5.74) is 2.48. The summed E-state index contributed by atoms with van der Waals surface area (Å²) in [6, 6.07) is 15.2. The molecule has 2 aromatic carbocycles. The number of likely N-dealkylation sites (tertiary alicyclic amines) is 1. The molecule has 2 aliphatic rings. The van der Waals surface area contributed by atoms with Gasteiger partial charge in [-0.2, -0.15) is 13.2 Å². The molecule has 1 N–H and O–H groups in total. The maximum absolute atomic E-state index is 13.8. The van der Waals surface area contributed by atoms with Gasteiger partial charge in [0.15, 0.2) is 5.82 Å². The number of allylic oxidation sites excluding steroid dienone is 2. The van der Waals surface area contributed by atoms with E-state index in [0.29, 0.717) is 53.2 Å². The first-order valence-corrected chi connectivity index (χ1v) is 14.5. The second-order valence-corrected chi connectivity index (χ2v) is 11.1. The third-order valence-corrected chi connectivity index (χ3v) is 8.35. The predicted molar refractivity (Wildman–Crippen MR) is 156 cm³/mol. The number of hydrogen-bond donors (Lipinski definition) is 1. The lowest BCUT2D eigenvalue weighted by Gasteiger charge is -2.39. The highest BCUT2D eigenvalue weighted by Gasteiger charge is 2.34. The van der Waals surface area contributed by atoms with E-state index < -0.39 is 11.7 Å². The van der Waals surface area contributed by atoms with E-state index in [1.165, 1.54) is 37.2 Å². The molecule has 1 aliphatic carbocycles. The van der Waals surface area contributed by atoms with Gasteiger partial charge in [-0.3, -0.25) is 4.98 Å². The summed E-state index contributed by atoms with van der Waals surface area (Å²) in [6.45, 7) is 2.09. The molecule has 1 saturated heterocycles. The van der Waals surface area contributed by atoms with E-state index in [-0.39, 0.29) is 5.69 Å². The number of hydrogen-bond acceptors (Lipinski definition) is 5. The zero-order valence-electron chi connectivity index (χ0n) is 22.6. The van der Waals surface area contributed by atoms with Crippen molar-refractivity contribution in [3.8, 4) is 11.3 Å². The molecular formula is C32H31ClF3N5. The van der Waals surface area contributed by atoms with Gasteiger partial charge in [-0.05, 0) is 80.3 Å². The number of halogens is 4. The number of nitrogens with zero attached hydrogens (tertiary/aromatic N) is 4. The number of rotatable bonds is 7. The monoisotopic (exact) mass is 577 g/mol. The zero-order valence-corrected chi connectivity index (χ0v) is 23.3. The first kappa shape index (κ1) is 27.5. The van der Waals surface area contributed by atoms with E-state index in [0.717, 1.165) is 36.4 Å². The number of nitrogens with one attached hydrogen (secondary N) is 1. The van der Waals surface area contributed by atoms with Gasteiger partial charge in [-0.1, -0.05) is 41.9 Å². The lowest BCUT2D eigenvalue weighted by atomic mass is 9.85. The van der Waals surface area contributed by atoms with E-state index in [4.69, 9.17) is 21.6 Å². The van der Waals surface area contributed by atoms with Gasteiger partial charge in [0.1, 0.15) is 5.82 Å². The largest absolute Gasteiger partial charge is 0.418 e. The van der Waals surface area contributed by atoms with Crippen LogP contribution in [0, 0.1) is 5.92 Å². The number of alkyl halides is 3. The van der Waals surface area contributed by atoms with Gasteiger partial charge in [0.2, 0.25) is 0 Å². The van der Waals surface area contributed by atoms with Crippen LogP contribution in [0.25, 0.3) is 22.2 Å². The van der Waals surface area contributed by atoms with Crippen LogP contribution in [0.15, 0.2) is 72.6 Å². The molecule has 6 rings (SSSR count). The van der Waals surface area contributed by atoms with Crippen LogP contribution in [-0.2, 0) is 19.1 Å². The molecule has 212 valence electrons. The summed E-state index contributed by atoms with van der Waals surface area (Å²) in [7, 11) is 0. The van der Waals surface area contributed by atoms with E-state index >= 15 is 0 Å². The van der Waals surface area contributed by atoms with Crippen LogP contribution in [0.3, 0.4) is 0 Å². The van der Waals surface area contributed by atoms with Crippen molar-refractivity contribution in [2.75, 3.05) is 18.4 Å². The molecule has 1 aliphatic heterocycles. The van der Waals surface area contributed by atoms with Crippen LogP contribution in [0.5, 0.6) is 0 Å². The lowest BCUT2D eigenvalue weighted by Crippen LogP contribution is -2.34. The normalized spacial score (nSPS) is 17.3. The smallest absolute Gasteiger partial charge is 0.369 e. The van der Waals surface area contributed by atoms with Gasteiger partial charge in [0.25, 0.3) is 0 Å². The van der Waals surface area contributed by atoms with Crippen LogP contribution < -0.4 is 5.32 Å². The van der Waals surface area contributed by atoms with Crippen LogP contribution in [-0.4, -0.2) is 32.9 Å². The van der Waals surface area contributed by atoms with Crippen LogP contribution in [0.1, 0.15) is 49.1 Å². The first-order chi connectivity index (χ1) is 19.9. The molecule has 2 aromatic heterocycles. The number of fused-ring (bicyclic) bond motifs is 2. The number of aromatic nitrogens is 3. The van der Waals surface area contributed by atoms with Crippen molar-refractivity contribution < 1.29 is 13.2 Å². The number of pyridine rings is 1. The van der Waals surface area contributed by atoms with Crippen LogP contribution in [0.2, 0.25) is 5.02 Å². The van der Waals surface area contributed by atoms with E-state index in [2.05, 4.69) is 21.3 Å². The maximum atomic E-state index is 13.8. The second-order valence-electron chi connectivity index (χ2n) is 10.7. The minimum atomic E-state index is -4.51. The Morgan fingerprint density at radius 2 is 1.85 bits per heavy atom. The molecule has 3 heterocycles. The highest BCUT2D eigenvalue weighted by molar-refractivity contribution is 6.31. The Hall–Kier alpha value is -3.65.